The third-order valence-electron chi connectivity index (χ3n) is 3.36. The van der Waals surface area contributed by atoms with Crippen molar-refractivity contribution >= 4 is 33.5 Å². The summed E-state index contributed by atoms with van der Waals surface area (Å²) in [5.41, 5.74) is 0.659. The van der Waals surface area contributed by atoms with E-state index in [4.69, 9.17) is 5.11 Å². The third kappa shape index (κ3) is 4.31. The van der Waals surface area contributed by atoms with E-state index in [1.807, 2.05) is 0 Å². The highest BCUT2D eigenvalue weighted by molar-refractivity contribution is 9.10. The van der Waals surface area contributed by atoms with Gasteiger partial charge in [0.1, 0.15) is 0 Å². The van der Waals surface area contributed by atoms with Crippen LogP contribution < -0.4 is 10.6 Å². The van der Waals surface area contributed by atoms with E-state index in [1.165, 1.54) is 12.1 Å². The van der Waals surface area contributed by atoms with Gasteiger partial charge in [0.25, 0.3) is 0 Å². The summed E-state index contributed by atoms with van der Waals surface area (Å²) in [4.78, 5) is 22.9. The molecule has 20 heavy (non-hydrogen) atoms. The van der Waals surface area contributed by atoms with Crippen molar-refractivity contribution in [2.75, 3.05) is 18.4 Å². The summed E-state index contributed by atoms with van der Waals surface area (Å²) in [7, 11) is 0. The molecule has 0 unspecified atom stereocenters. The van der Waals surface area contributed by atoms with E-state index in [2.05, 4.69) is 26.6 Å². The van der Waals surface area contributed by atoms with Crippen LogP contribution in [0.25, 0.3) is 0 Å². The average Bonchev–Trinajstić information content (AvgIpc) is 2.38. The molecule has 5 nitrogen and oxygen atoms in total. The standard InChI is InChI=1S/C14H17BrN2O3/c15-11-6-10(14(19)20)7-12(8-11)17-13(18)5-9-1-3-16-4-2-9/h6-9,16H,1-5H2,(H,17,18)(H,19,20). The summed E-state index contributed by atoms with van der Waals surface area (Å²) in [6, 6.07) is 4.67. The molecule has 0 bridgehead atoms. The van der Waals surface area contributed by atoms with Crippen LogP contribution in [0.15, 0.2) is 22.7 Å². The lowest BCUT2D eigenvalue weighted by Crippen LogP contribution is -2.30. The number of halogens is 1. The van der Waals surface area contributed by atoms with Gasteiger partial charge in [-0.2, -0.15) is 0 Å². The van der Waals surface area contributed by atoms with Crippen molar-refractivity contribution in [1.29, 1.82) is 0 Å². The van der Waals surface area contributed by atoms with Crippen LogP contribution in [0.5, 0.6) is 0 Å². The van der Waals surface area contributed by atoms with Gasteiger partial charge in [0, 0.05) is 16.6 Å². The van der Waals surface area contributed by atoms with Crippen LogP contribution in [-0.4, -0.2) is 30.1 Å². The Balaban J connectivity index is 1.98. The topological polar surface area (TPSA) is 78.4 Å². The first-order valence-corrected chi connectivity index (χ1v) is 7.38. The second-order valence-corrected chi connectivity index (χ2v) is 5.90. The molecule has 0 radical (unpaired) electrons. The molecule has 108 valence electrons. The van der Waals surface area contributed by atoms with Crippen molar-refractivity contribution in [3.63, 3.8) is 0 Å². The first-order valence-electron chi connectivity index (χ1n) is 6.59. The van der Waals surface area contributed by atoms with Gasteiger partial charge in [-0.1, -0.05) is 15.9 Å². The smallest absolute Gasteiger partial charge is 0.335 e. The van der Waals surface area contributed by atoms with Crippen LogP contribution in [0.2, 0.25) is 0 Å². The molecule has 2 rings (SSSR count). The summed E-state index contributed by atoms with van der Waals surface area (Å²) >= 11 is 3.25. The van der Waals surface area contributed by atoms with Crippen LogP contribution in [-0.2, 0) is 4.79 Å². The molecule has 1 heterocycles. The highest BCUT2D eigenvalue weighted by atomic mass is 79.9. The number of anilines is 1. The summed E-state index contributed by atoms with van der Waals surface area (Å²) in [5, 5.41) is 15.0. The second-order valence-electron chi connectivity index (χ2n) is 4.98. The molecule has 1 aliphatic rings. The minimum atomic E-state index is -1.01. The number of rotatable bonds is 4. The van der Waals surface area contributed by atoms with E-state index in [9.17, 15) is 9.59 Å². The Morgan fingerprint density at radius 2 is 2.00 bits per heavy atom. The Hall–Kier alpha value is -1.40. The van der Waals surface area contributed by atoms with Crippen LogP contribution in [0.3, 0.4) is 0 Å². The average molecular weight is 341 g/mol. The second kappa shape index (κ2) is 6.85. The van der Waals surface area contributed by atoms with Gasteiger partial charge in [-0.25, -0.2) is 4.79 Å². The van der Waals surface area contributed by atoms with Crippen molar-refractivity contribution in [3.8, 4) is 0 Å². The molecule has 3 N–H and O–H groups in total. The number of piperidine rings is 1. The third-order valence-corrected chi connectivity index (χ3v) is 3.82. The number of carboxylic acid groups (broad SMARTS) is 1. The van der Waals surface area contributed by atoms with E-state index in [0.717, 1.165) is 25.9 Å². The molecule has 1 aromatic rings. The van der Waals surface area contributed by atoms with Gasteiger partial charge >= 0.3 is 5.97 Å². The van der Waals surface area contributed by atoms with Crippen LogP contribution in [0.1, 0.15) is 29.6 Å². The largest absolute Gasteiger partial charge is 0.478 e. The molecule has 0 aromatic heterocycles. The fourth-order valence-electron chi connectivity index (χ4n) is 2.35. The van der Waals surface area contributed by atoms with Crippen molar-refractivity contribution in [3.05, 3.63) is 28.2 Å². The maximum absolute atomic E-state index is 12.0. The molecule has 0 atom stereocenters. The molecule has 0 aliphatic carbocycles. The number of hydrogen-bond acceptors (Lipinski definition) is 3. The molecule has 1 saturated heterocycles. The van der Waals surface area contributed by atoms with Gasteiger partial charge in [0.2, 0.25) is 5.91 Å². The Morgan fingerprint density at radius 1 is 1.30 bits per heavy atom. The summed E-state index contributed by atoms with van der Waals surface area (Å²) < 4.78 is 0.634. The number of nitrogens with one attached hydrogen (secondary N) is 2. The number of aromatic carboxylic acids is 1. The zero-order valence-corrected chi connectivity index (χ0v) is 12.6. The molecule has 1 amide bonds. The highest BCUT2D eigenvalue weighted by Gasteiger charge is 2.17. The fraction of sp³-hybridized carbons (Fsp3) is 0.429. The van der Waals surface area contributed by atoms with Crippen LogP contribution in [0.4, 0.5) is 5.69 Å². The molecular weight excluding hydrogens is 324 g/mol. The molecule has 1 fully saturated rings. The first-order chi connectivity index (χ1) is 9.54. The van der Waals surface area contributed by atoms with E-state index in [1.54, 1.807) is 6.07 Å². The maximum atomic E-state index is 12.0. The minimum absolute atomic E-state index is 0.0636. The van der Waals surface area contributed by atoms with Crippen LogP contribution in [0, 0.1) is 5.92 Å². The van der Waals surface area contributed by atoms with E-state index in [-0.39, 0.29) is 11.5 Å². The van der Waals surface area contributed by atoms with Crippen molar-refractivity contribution in [1.82, 2.24) is 5.32 Å². The quantitative estimate of drug-likeness (QED) is 0.786. The molecule has 6 heteroatoms. The van der Waals surface area contributed by atoms with Gasteiger partial charge in [0.15, 0.2) is 0 Å². The number of carbonyl (C=O) groups excluding carboxylic acids is 1. The molecule has 1 aliphatic heterocycles. The Morgan fingerprint density at radius 3 is 2.65 bits per heavy atom. The van der Waals surface area contributed by atoms with Gasteiger partial charge in [-0.3, -0.25) is 4.79 Å². The van der Waals surface area contributed by atoms with Crippen molar-refractivity contribution in [2.24, 2.45) is 5.92 Å². The molecule has 0 spiro atoms. The lowest BCUT2D eigenvalue weighted by Gasteiger charge is -2.22. The maximum Gasteiger partial charge on any atom is 0.335 e. The number of benzene rings is 1. The van der Waals surface area contributed by atoms with Gasteiger partial charge in [0.05, 0.1) is 5.56 Å². The van der Waals surface area contributed by atoms with Crippen molar-refractivity contribution < 1.29 is 14.7 Å². The summed E-state index contributed by atoms with van der Waals surface area (Å²) in [5.74, 6) is -0.672. The molecular formula is C14H17BrN2O3. The summed E-state index contributed by atoms with van der Waals surface area (Å²) in [6.45, 7) is 1.91. The lowest BCUT2D eigenvalue weighted by atomic mass is 9.94. The monoisotopic (exact) mass is 340 g/mol. The number of hydrogen-bond donors (Lipinski definition) is 3. The number of carbonyl (C=O) groups is 2. The zero-order valence-electron chi connectivity index (χ0n) is 11.0. The molecule has 1 aromatic carbocycles. The number of amides is 1. The summed E-state index contributed by atoms with van der Waals surface area (Å²) in [6.07, 6.45) is 2.50. The van der Waals surface area contributed by atoms with E-state index >= 15 is 0 Å². The Kier molecular flexibility index (Phi) is 5.14. The van der Waals surface area contributed by atoms with Crippen molar-refractivity contribution in [2.45, 2.75) is 19.3 Å². The normalized spacial score (nSPS) is 15.8. The van der Waals surface area contributed by atoms with Gasteiger partial charge < -0.3 is 15.7 Å². The van der Waals surface area contributed by atoms with E-state index < -0.39 is 5.97 Å². The fourth-order valence-corrected chi connectivity index (χ4v) is 2.84. The first kappa shape index (κ1) is 15.0. The number of carboxylic acids is 1. The Labute approximate surface area is 125 Å². The van der Waals surface area contributed by atoms with Gasteiger partial charge in [-0.15, -0.1) is 0 Å². The molecule has 0 saturated carbocycles. The van der Waals surface area contributed by atoms with E-state index in [0.29, 0.717) is 22.5 Å². The predicted octanol–water partition coefficient (Wildman–Crippen LogP) is 2.48. The predicted molar refractivity (Wildman–Crippen MR) is 79.9 cm³/mol. The van der Waals surface area contributed by atoms with Gasteiger partial charge in [-0.05, 0) is 50.0 Å². The minimum Gasteiger partial charge on any atom is -0.478 e. The lowest BCUT2D eigenvalue weighted by molar-refractivity contribution is -0.117. The zero-order chi connectivity index (χ0) is 14.5. The Bertz CT molecular complexity index is 513. The SMILES string of the molecule is O=C(CC1CCNCC1)Nc1cc(Br)cc(C(=O)O)c1. The highest BCUT2D eigenvalue weighted by Crippen LogP contribution is 2.21. The van der Waals surface area contributed by atoms with Crippen LogP contribution >= 0.6 is 15.9 Å².